The van der Waals surface area contributed by atoms with Crippen molar-refractivity contribution in [2.24, 2.45) is 0 Å². The molecule has 2 fully saturated rings. The summed E-state index contributed by atoms with van der Waals surface area (Å²) in [5, 5.41) is 0. The molecule has 1 unspecified atom stereocenters. The average molecular weight is 591 g/mol. The number of aryl methyl sites for hydroxylation is 2. The number of methoxy groups -OCH3 is 1. The third kappa shape index (κ3) is 6.14. The Morgan fingerprint density at radius 2 is 1.23 bits per heavy atom. The predicted octanol–water partition coefficient (Wildman–Crippen LogP) is 3.64. The van der Waals surface area contributed by atoms with E-state index in [1.165, 1.54) is 31.4 Å². The fourth-order valence-corrected chi connectivity index (χ4v) is 6.71. The van der Waals surface area contributed by atoms with Gasteiger partial charge in [0, 0.05) is 12.7 Å². The van der Waals surface area contributed by atoms with Crippen molar-refractivity contribution in [3.63, 3.8) is 0 Å². The smallest absolute Gasteiger partial charge is 0.297 e. The summed E-state index contributed by atoms with van der Waals surface area (Å²) in [4.78, 5) is -0.229. The van der Waals surface area contributed by atoms with E-state index in [0.29, 0.717) is 5.56 Å². The molecule has 5 rings (SSSR count). The van der Waals surface area contributed by atoms with Crippen LogP contribution in [-0.2, 0) is 47.5 Å². The van der Waals surface area contributed by atoms with E-state index < -0.39 is 57.2 Å². The molecule has 3 aromatic rings. The molecule has 2 aliphatic rings. The monoisotopic (exact) mass is 590 g/mol. The third-order valence-electron chi connectivity index (χ3n) is 6.68. The molecule has 2 aliphatic heterocycles. The minimum Gasteiger partial charge on any atom is -0.353 e. The summed E-state index contributed by atoms with van der Waals surface area (Å²) in [5.41, 5.74) is 2.39. The fourth-order valence-electron chi connectivity index (χ4n) is 4.54. The van der Waals surface area contributed by atoms with Gasteiger partial charge in [0.25, 0.3) is 20.2 Å². The van der Waals surface area contributed by atoms with Crippen LogP contribution in [0.25, 0.3) is 0 Å². The van der Waals surface area contributed by atoms with E-state index >= 15 is 0 Å². The number of fused-ring (bicyclic) bond motifs is 1. The molecule has 0 aliphatic carbocycles. The van der Waals surface area contributed by atoms with E-state index in [1.807, 2.05) is 32.0 Å². The molecule has 40 heavy (non-hydrogen) atoms. The van der Waals surface area contributed by atoms with Crippen LogP contribution in [-0.4, -0.2) is 61.3 Å². The lowest BCUT2D eigenvalue weighted by molar-refractivity contribution is -0.351. The van der Waals surface area contributed by atoms with Crippen molar-refractivity contribution in [1.82, 2.24) is 0 Å². The Morgan fingerprint density at radius 3 is 1.75 bits per heavy atom. The average Bonchev–Trinajstić information content (AvgIpc) is 2.94. The van der Waals surface area contributed by atoms with Crippen LogP contribution in [0.2, 0.25) is 0 Å². The van der Waals surface area contributed by atoms with Crippen molar-refractivity contribution in [2.45, 2.75) is 60.6 Å². The molecular formula is C28H30O10S2. The van der Waals surface area contributed by atoms with E-state index in [4.69, 9.17) is 27.3 Å². The Hall–Kier alpha value is -2.68. The molecule has 12 heteroatoms. The van der Waals surface area contributed by atoms with E-state index in [9.17, 15) is 16.8 Å². The van der Waals surface area contributed by atoms with Gasteiger partial charge in [-0.1, -0.05) is 65.7 Å². The third-order valence-corrected chi connectivity index (χ3v) is 9.33. The highest BCUT2D eigenvalue weighted by molar-refractivity contribution is 7.87. The van der Waals surface area contributed by atoms with Crippen molar-refractivity contribution in [3.05, 3.63) is 95.6 Å². The van der Waals surface area contributed by atoms with Gasteiger partial charge in [-0.2, -0.15) is 16.8 Å². The molecule has 0 N–H and O–H groups in total. The first kappa shape index (κ1) is 28.8. The van der Waals surface area contributed by atoms with Crippen LogP contribution in [0.4, 0.5) is 0 Å². The fraction of sp³-hybridized carbons (Fsp3) is 0.357. The molecule has 214 valence electrons. The summed E-state index contributed by atoms with van der Waals surface area (Å²) in [5.74, 6) is 0. The molecule has 3 aromatic carbocycles. The first-order valence-corrected chi connectivity index (χ1v) is 15.4. The maximum absolute atomic E-state index is 13.5. The summed E-state index contributed by atoms with van der Waals surface area (Å²) in [6.45, 7) is 3.65. The molecule has 10 nitrogen and oxygen atoms in total. The number of hydrogen-bond donors (Lipinski definition) is 0. The number of rotatable bonds is 8. The summed E-state index contributed by atoms with van der Waals surface area (Å²) in [6.07, 6.45) is -7.17. The van der Waals surface area contributed by atoms with Crippen molar-refractivity contribution >= 4 is 20.2 Å². The Morgan fingerprint density at radius 1 is 0.700 bits per heavy atom. The summed E-state index contributed by atoms with van der Waals surface area (Å²) < 4.78 is 88.4. The predicted molar refractivity (Wildman–Crippen MR) is 142 cm³/mol. The Bertz CT molecular complexity index is 1510. The van der Waals surface area contributed by atoms with Gasteiger partial charge in [0.2, 0.25) is 0 Å². The van der Waals surface area contributed by atoms with Crippen LogP contribution in [0.1, 0.15) is 23.0 Å². The Kier molecular flexibility index (Phi) is 8.41. The molecule has 0 spiro atoms. The number of benzene rings is 3. The lowest BCUT2D eigenvalue weighted by atomic mass is 9.98. The SMILES string of the molecule is CO[C@H]1O[C@@H]2COC(c3ccccc3)O[C@H]2[C@H](OS(=O)(=O)c2ccc(C)cc2)[C@H]1OS(=O)(=O)c1ccc(C)cc1. The topological polar surface area (TPSA) is 124 Å². The first-order chi connectivity index (χ1) is 19.1. The maximum Gasteiger partial charge on any atom is 0.297 e. The van der Waals surface area contributed by atoms with Gasteiger partial charge in [0.15, 0.2) is 18.7 Å². The van der Waals surface area contributed by atoms with Gasteiger partial charge in [-0.3, -0.25) is 8.37 Å². The van der Waals surface area contributed by atoms with Gasteiger partial charge < -0.3 is 18.9 Å². The van der Waals surface area contributed by atoms with Gasteiger partial charge in [-0.25, -0.2) is 0 Å². The standard InChI is InChI=1S/C28H30O10S2/c1-18-9-13-21(14-10-18)39(29,30)37-25-24-23(17-34-27(36-24)20-7-5-4-6-8-20)35-28(33-3)26(25)38-40(31,32)22-15-11-19(2)12-16-22/h4-16,23-28H,17H2,1-3H3/t23-,24-,25+,26-,27?,28+/m1/s1. The zero-order chi connectivity index (χ0) is 28.5. The zero-order valence-electron chi connectivity index (χ0n) is 22.1. The Labute approximate surface area is 234 Å². The van der Waals surface area contributed by atoms with Crippen molar-refractivity contribution in [1.29, 1.82) is 0 Å². The maximum atomic E-state index is 13.5. The van der Waals surface area contributed by atoms with Crippen molar-refractivity contribution in [2.75, 3.05) is 13.7 Å². The van der Waals surface area contributed by atoms with E-state index in [2.05, 4.69) is 0 Å². The van der Waals surface area contributed by atoms with Gasteiger partial charge in [-0.05, 0) is 38.1 Å². The second-order valence-electron chi connectivity index (χ2n) is 9.61. The Balaban J connectivity index is 1.53. The highest BCUT2D eigenvalue weighted by atomic mass is 32.2. The van der Waals surface area contributed by atoms with E-state index in [0.717, 1.165) is 11.1 Å². The molecular weight excluding hydrogens is 560 g/mol. The molecule has 2 heterocycles. The summed E-state index contributed by atoms with van der Waals surface area (Å²) >= 11 is 0. The molecule has 2 saturated heterocycles. The highest BCUT2D eigenvalue weighted by Gasteiger charge is 2.54. The van der Waals surface area contributed by atoms with Gasteiger partial charge in [0.1, 0.15) is 18.3 Å². The largest absolute Gasteiger partial charge is 0.353 e. The van der Waals surface area contributed by atoms with Crippen LogP contribution >= 0.6 is 0 Å². The first-order valence-electron chi connectivity index (χ1n) is 12.6. The highest BCUT2D eigenvalue weighted by Crippen LogP contribution is 2.38. The lowest BCUT2D eigenvalue weighted by Crippen LogP contribution is -2.64. The second-order valence-corrected chi connectivity index (χ2v) is 12.8. The van der Waals surface area contributed by atoms with E-state index in [1.54, 1.807) is 36.4 Å². The summed E-state index contributed by atoms with van der Waals surface area (Å²) in [6, 6.07) is 21.2. The number of hydrogen-bond acceptors (Lipinski definition) is 10. The van der Waals surface area contributed by atoms with Crippen LogP contribution in [0, 0.1) is 13.8 Å². The van der Waals surface area contributed by atoms with Crippen molar-refractivity contribution < 1.29 is 44.1 Å². The zero-order valence-corrected chi connectivity index (χ0v) is 23.7. The minimum absolute atomic E-state index is 0.00591. The van der Waals surface area contributed by atoms with Crippen LogP contribution in [0.3, 0.4) is 0 Å². The molecule has 0 radical (unpaired) electrons. The second kappa shape index (κ2) is 11.7. The van der Waals surface area contributed by atoms with Crippen LogP contribution in [0.5, 0.6) is 0 Å². The van der Waals surface area contributed by atoms with Crippen LogP contribution < -0.4 is 0 Å². The molecule has 0 aromatic heterocycles. The molecule has 6 atom stereocenters. The van der Waals surface area contributed by atoms with Crippen molar-refractivity contribution in [3.8, 4) is 0 Å². The van der Waals surface area contributed by atoms with Gasteiger partial charge in [0.05, 0.1) is 16.4 Å². The van der Waals surface area contributed by atoms with E-state index in [-0.39, 0.29) is 16.4 Å². The molecule has 0 saturated carbocycles. The molecule has 0 bridgehead atoms. The lowest BCUT2D eigenvalue weighted by Gasteiger charge is -2.47. The quantitative estimate of drug-likeness (QED) is 0.359. The van der Waals surface area contributed by atoms with Gasteiger partial charge >= 0.3 is 0 Å². The number of ether oxygens (including phenoxy) is 4. The molecule has 0 amide bonds. The normalized spacial score (nSPS) is 27.2. The summed E-state index contributed by atoms with van der Waals surface area (Å²) in [7, 11) is -7.52. The minimum atomic E-state index is -4.41. The van der Waals surface area contributed by atoms with Gasteiger partial charge in [-0.15, -0.1) is 0 Å². The van der Waals surface area contributed by atoms with Crippen LogP contribution in [0.15, 0.2) is 88.7 Å².